The fraction of sp³-hybridized carbons (Fsp3) is 0.909. The van der Waals surface area contributed by atoms with E-state index >= 15 is 0 Å². The maximum absolute atomic E-state index is 10.6. The third kappa shape index (κ3) is 3.80. The molecule has 0 bridgehead atoms. The van der Waals surface area contributed by atoms with Gasteiger partial charge in [0, 0.05) is 13.1 Å². The predicted molar refractivity (Wildman–Crippen MR) is 55.8 cm³/mol. The Morgan fingerprint density at radius 1 is 1.47 bits per heavy atom. The summed E-state index contributed by atoms with van der Waals surface area (Å²) in [5.41, 5.74) is 0. The fourth-order valence-electron chi connectivity index (χ4n) is 2.07. The molecule has 0 spiro atoms. The second-order valence-electron chi connectivity index (χ2n) is 4.62. The highest BCUT2D eigenvalue weighted by Crippen LogP contribution is 2.32. The van der Waals surface area contributed by atoms with Crippen LogP contribution in [-0.4, -0.2) is 48.3 Å². The lowest BCUT2D eigenvalue weighted by Crippen LogP contribution is -2.43. The van der Waals surface area contributed by atoms with Gasteiger partial charge in [0.25, 0.3) is 0 Å². The Bertz CT molecular complexity index is 228. The lowest BCUT2D eigenvalue weighted by molar-refractivity contribution is -0.142. The Morgan fingerprint density at radius 2 is 2.27 bits per heavy atom. The molecule has 0 aromatic heterocycles. The Balaban J connectivity index is 1.68. The average molecular weight is 213 g/mol. The third-order valence-corrected chi connectivity index (χ3v) is 3.18. The van der Waals surface area contributed by atoms with Crippen molar-refractivity contribution in [3.8, 4) is 0 Å². The molecule has 1 saturated carbocycles. The van der Waals surface area contributed by atoms with E-state index in [4.69, 9.17) is 9.84 Å². The van der Waals surface area contributed by atoms with Crippen molar-refractivity contribution in [1.82, 2.24) is 4.90 Å². The molecule has 1 atom stereocenters. The highest BCUT2D eigenvalue weighted by molar-refractivity contribution is 5.67. The van der Waals surface area contributed by atoms with Crippen molar-refractivity contribution in [1.29, 1.82) is 0 Å². The first kappa shape index (κ1) is 10.9. The van der Waals surface area contributed by atoms with E-state index in [9.17, 15) is 4.79 Å². The summed E-state index contributed by atoms with van der Waals surface area (Å²) < 4.78 is 5.42. The monoisotopic (exact) mass is 213 g/mol. The Labute approximate surface area is 90.2 Å². The van der Waals surface area contributed by atoms with Gasteiger partial charge in [0.2, 0.25) is 0 Å². The number of hydrogen-bond acceptors (Lipinski definition) is 3. The molecule has 0 aromatic carbocycles. The van der Waals surface area contributed by atoms with E-state index in [1.54, 1.807) is 0 Å². The van der Waals surface area contributed by atoms with Crippen LogP contribution in [0.1, 0.15) is 25.7 Å². The van der Waals surface area contributed by atoms with Crippen LogP contribution in [0.2, 0.25) is 0 Å². The molecular weight excluding hydrogens is 194 g/mol. The van der Waals surface area contributed by atoms with Crippen LogP contribution >= 0.6 is 0 Å². The first-order chi connectivity index (χ1) is 7.24. The zero-order valence-corrected chi connectivity index (χ0v) is 9.02. The SMILES string of the molecule is O=C(O)CC1CN(CCC2CC2)CCO1. The number of rotatable bonds is 5. The number of carboxylic acid groups (broad SMARTS) is 1. The molecule has 1 aliphatic carbocycles. The van der Waals surface area contributed by atoms with Crippen molar-refractivity contribution in [2.24, 2.45) is 5.92 Å². The smallest absolute Gasteiger partial charge is 0.306 e. The molecule has 1 saturated heterocycles. The third-order valence-electron chi connectivity index (χ3n) is 3.18. The molecule has 2 fully saturated rings. The summed E-state index contributed by atoms with van der Waals surface area (Å²) in [7, 11) is 0. The molecule has 0 radical (unpaired) electrons. The Morgan fingerprint density at radius 3 is 2.93 bits per heavy atom. The molecule has 2 aliphatic rings. The number of nitrogens with zero attached hydrogens (tertiary/aromatic N) is 1. The minimum absolute atomic E-state index is 0.101. The quantitative estimate of drug-likeness (QED) is 0.739. The van der Waals surface area contributed by atoms with Crippen molar-refractivity contribution >= 4 is 5.97 Å². The fourth-order valence-corrected chi connectivity index (χ4v) is 2.07. The summed E-state index contributed by atoms with van der Waals surface area (Å²) in [6.45, 7) is 3.55. The van der Waals surface area contributed by atoms with Crippen LogP contribution in [-0.2, 0) is 9.53 Å². The van der Waals surface area contributed by atoms with E-state index in [2.05, 4.69) is 4.90 Å². The lowest BCUT2D eigenvalue weighted by Gasteiger charge is -2.32. The van der Waals surface area contributed by atoms with E-state index < -0.39 is 5.97 Å². The van der Waals surface area contributed by atoms with Crippen LogP contribution in [0.25, 0.3) is 0 Å². The molecule has 86 valence electrons. The molecule has 1 N–H and O–H groups in total. The highest BCUT2D eigenvalue weighted by Gasteiger charge is 2.25. The van der Waals surface area contributed by atoms with Crippen molar-refractivity contribution in [2.75, 3.05) is 26.2 Å². The van der Waals surface area contributed by atoms with Crippen molar-refractivity contribution in [3.05, 3.63) is 0 Å². The number of carbonyl (C=O) groups is 1. The Kier molecular flexibility index (Phi) is 3.59. The number of ether oxygens (including phenoxy) is 1. The zero-order chi connectivity index (χ0) is 10.7. The van der Waals surface area contributed by atoms with Crippen LogP contribution in [0.3, 0.4) is 0 Å². The van der Waals surface area contributed by atoms with Gasteiger partial charge in [0.05, 0.1) is 19.1 Å². The second kappa shape index (κ2) is 4.94. The van der Waals surface area contributed by atoms with Crippen molar-refractivity contribution in [2.45, 2.75) is 31.8 Å². The van der Waals surface area contributed by atoms with Gasteiger partial charge in [-0.25, -0.2) is 0 Å². The molecule has 15 heavy (non-hydrogen) atoms. The van der Waals surface area contributed by atoms with Gasteiger partial charge < -0.3 is 9.84 Å². The number of carboxylic acids is 1. The molecule has 2 rings (SSSR count). The molecule has 4 nitrogen and oxygen atoms in total. The summed E-state index contributed by atoms with van der Waals surface area (Å²) >= 11 is 0. The van der Waals surface area contributed by atoms with Crippen LogP contribution in [0, 0.1) is 5.92 Å². The molecule has 0 amide bonds. The normalized spacial score (nSPS) is 27.9. The number of aliphatic carboxylic acids is 1. The molecular formula is C11H19NO3. The van der Waals surface area contributed by atoms with Gasteiger partial charge in [-0.2, -0.15) is 0 Å². The largest absolute Gasteiger partial charge is 0.481 e. The Hall–Kier alpha value is -0.610. The standard InChI is InChI=1S/C11H19NO3/c13-11(14)7-10-8-12(5-6-15-10)4-3-9-1-2-9/h9-10H,1-8H2,(H,13,14). The maximum atomic E-state index is 10.6. The summed E-state index contributed by atoms with van der Waals surface area (Å²) in [6.07, 6.45) is 4.10. The average Bonchev–Trinajstić information content (AvgIpc) is 2.97. The van der Waals surface area contributed by atoms with Gasteiger partial charge in [-0.3, -0.25) is 9.69 Å². The van der Waals surface area contributed by atoms with Crippen LogP contribution < -0.4 is 0 Å². The zero-order valence-electron chi connectivity index (χ0n) is 9.02. The van der Waals surface area contributed by atoms with E-state index in [1.165, 1.54) is 19.3 Å². The van der Waals surface area contributed by atoms with Gasteiger partial charge in [0.15, 0.2) is 0 Å². The van der Waals surface area contributed by atoms with Crippen LogP contribution in [0.15, 0.2) is 0 Å². The van der Waals surface area contributed by atoms with Crippen molar-refractivity contribution < 1.29 is 14.6 Å². The minimum Gasteiger partial charge on any atom is -0.481 e. The van der Waals surface area contributed by atoms with E-state index in [0.717, 1.165) is 25.6 Å². The lowest BCUT2D eigenvalue weighted by atomic mass is 10.2. The first-order valence-corrected chi connectivity index (χ1v) is 5.80. The summed E-state index contributed by atoms with van der Waals surface area (Å²) in [5, 5.41) is 8.68. The van der Waals surface area contributed by atoms with Gasteiger partial charge in [-0.15, -0.1) is 0 Å². The number of hydrogen-bond donors (Lipinski definition) is 1. The van der Waals surface area contributed by atoms with E-state index in [1.807, 2.05) is 0 Å². The summed E-state index contributed by atoms with van der Waals surface area (Å²) in [4.78, 5) is 12.9. The second-order valence-corrected chi connectivity index (χ2v) is 4.62. The first-order valence-electron chi connectivity index (χ1n) is 5.80. The van der Waals surface area contributed by atoms with Gasteiger partial charge in [-0.1, -0.05) is 12.8 Å². The predicted octanol–water partition coefficient (Wildman–Crippen LogP) is 0.962. The van der Waals surface area contributed by atoms with E-state index in [0.29, 0.717) is 6.61 Å². The van der Waals surface area contributed by atoms with Gasteiger partial charge >= 0.3 is 5.97 Å². The van der Waals surface area contributed by atoms with Gasteiger partial charge in [-0.05, 0) is 18.9 Å². The van der Waals surface area contributed by atoms with Crippen LogP contribution in [0.5, 0.6) is 0 Å². The summed E-state index contributed by atoms with van der Waals surface area (Å²) in [6, 6.07) is 0. The van der Waals surface area contributed by atoms with Crippen molar-refractivity contribution in [3.63, 3.8) is 0 Å². The van der Waals surface area contributed by atoms with Crippen LogP contribution in [0.4, 0.5) is 0 Å². The molecule has 1 heterocycles. The highest BCUT2D eigenvalue weighted by atomic mass is 16.5. The maximum Gasteiger partial charge on any atom is 0.306 e. The van der Waals surface area contributed by atoms with Gasteiger partial charge in [0.1, 0.15) is 0 Å². The molecule has 1 aliphatic heterocycles. The molecule has 0 aromatic rings. The number of morpholine rings is 1. The molecule has 4 heteroatoms. The summed E-state index contributed by atoms with van der Waals surface area (Å²) in [5.74, 6) is 0.190. The topological polar surface area (TPSA) is 49.8 Å². The minimum atomic E-state index is -0.760. The van der Waals surface area contributed by atoms with E-state index in [-0.39, 0.29) is 12.5 Å². The molecule has 1 unspecified atom stereocenters.